The molecule has 1 aliphatic rings. The minimum absolute atomic E-state index is 0.0142. The van der Waals surface area contributed by atoms with Gasteiger partial charge in [-0.1, -0.05) is 13.8 Å². The Morgan fingerprint density at radius 3 is 2.65 bits per heavy atom. The summed E-state index contributed by atoms with van der Waals surface area (Å²) in [5.41, 5.74) is 0. The molecule has 0 aromatic rings. The van der Waals surface area contributed by atoms with Gasteiger partial charge in [0.2, 0.25) is 15.9 Å². The van der Waals surface area contributed by atoms with E-state index >= 15 is 0 Å². The molecule has 2 atom stereocenters. The molecule has 0 radical (unpaired) electrons. The third-order valence-electron chi connectivity index (χ3n) is 3.11. The number of carbonyl (C=O) groups is 1. The van der Waals surface area contributed by atoms with Crippen LogP contribution in [-0.4, -0.2) is 59.0 Å². The molecular formula is C12H25N3O4S. The normalized spacial score (nSPS) is 22.9. The Hall–Kier alpha value is -0.700. The van der Waals surface area contributed by atoms with Crippen molar-refractivity contribution in [2.75, 3.05) is 38.6 Å². The van der Waals surface area contributed by atoms with Gasteiger partial charge < -0.3 is 15.4 Å². The summed E-state index contributed by atoms with van der Waals surface area (Å²) < 4.78 is 30.6. The lowest BCUT2D eigenvalue weighted by atomic mass is 10.0. The molecule has 118 valence electrons. The zero-order valence-electron chi connectivity index (χ0n) is 12.1. The lowest BCUT2D eigenvalue weighted by Gasteiger charge is -2.18. The van der Waals surface area contributed by atoms with Gasteiger partial charge in [-0.15, -0.1) is 0 Å². The number of carbonyl (C=O) groups excluding carboxylic acids is 1. The van der Waals surface area contributed by atoms with Crippen LogP contribution in [0, 0.1) is 5.92 Å². The highest BCUT2D eigenvalue weighted by molar-refractivity contribution is 7.89. The first-order valence-corrected chi connectivity index (χ1v) is 8.71. The van der Waals surface area contributed by atoms with Crippen molar-refractivity contribution in [2.45, 2.75) is 26.3 Å². The maximum Gasteiger partial charge on any atom is 0.227 e. The van der Waals surface area contributed by atoms with Crippen molar-refractivity contribution in [3.05, 3.63) is 0 Å². The van der Waals surface area contributed by atoms with Crippen molar-refractivity contribution in [1.29, 1.82) is 0 Å². The molecule has 0 aliphatic carbocycles. The summed E-state index contributed by atoms with van der Waals surface area (Å²) in [4.78, 5) is 12.0. The van der Waals surface area contributed by atoms with Crippen molar-refractivity contribution < 1.29 is 17.9 Å². The first-order valence-electron chi connectivity index (χ1n) is 7.06. The predicted octanol–water partition coefficient (Wildman–Crippen LogP) is -0.943. The molecule has 1 fully saturated rings. The summed E-state index contributed by atoms with van der Waals surface area (Å²) in [5, 5.41) is 5.94. The van der Waals surface area contributed by atoms with Crippen LogP contribution in [0.2, 0.25) is 0 Å². The largest absolute Gasteiger partial charge is 0.379 e. The second-order valence-corrected chi connectivity index (χ2v) is 6.74. The topological polar surface area (TPSA) is 96.5 Å². The van der Waals surface area contributed by atoms with Gasteiger partial charge in [-0.25, -0.2) is 13.1 Å². The van der Waals surface area contributed by atoms with Gasteiger partial charge in [0, 0.05) is 19.1 Å². The summed E-state index contributed by atoms with van der Waals surface area (Å²) in [7, 11) is -3.29. The molecule has 0 bridgehead atoms. The zero-order chi connectivity index (χ0) is 15.0. The molecule has 1 aliphatic heterocycles. The Morgan fingerprint density at radius 2 is 2.00 bits per heavy atom. The Bertz CT molecular complexity index is 400. The van der Waals surface area contributed by atoms with Gasteiger partial charge in [-0.2, -0.15) is 0 Å². The Morgan fingerprint density at radius 1 is 1.25 bits per heavy atom. The van der Waals surface area contributed by atoms with Crippen molar-refractivity contribution in [1.82, 2.24) is 15.4 Å². The fraction of sp³-hybridized carbons (Fsp3) is 0.917. The average molecular weight is 307 g/mol. The first-order chi connectivity index (χ1) is 9.50. The molecule has 1 rings (SSSR count). The van der Waals surface area contributed by atoms with Crippen LogP contribution in [-0.2, 0) is 19.6 Å². The zero-order valence-corrected chi connectivity index (χ0v) is 13.0. The van der Waals surface area contributed by atoms with E-state index in [0.717, 1.165) is 13.0 Å². The summed E-state index contributed by atoms with van der Waals surface area (Å²) in [6.45, 7) is 5.99. The Labute approximate surface area is 120 Å². The number of sulfonamides is 1. The molecule has 1 heterocycles. The lowest BCUT2D eigenvalue weighted by molar-refractivity contribution is -0.125. The van der Waals surface area contributed by atoms with Crippen molar-refractivity contribution >= 4 is 15.9 Å². The van der Waals surface area contributed by atoms with Gasteiger partial charge in [0.1, 0.15) is 0 Å². The van der Waals surface area contributed by atoms with E-state index in [1.807, 2.05) is 0 Å². The molecule has 8 heteroatoms. The van der Waals surface area contributed by atoms with E-state index in [4.69, 9.17) is 4.74 Å². The van der Waals surface area contributed by atoms with Crippen LogP contribution in [0.1, 0.15) is 20.3 Å². The molecule has 3 N–H and O–H groups in total. The molecule has 1 saturated heterocycles. The van der Waals surface area contributed by atoms with E-state index in [0.29, 0.717) is 19.8 Å². The van der Waals surface area contributed by atoms with E-state index in [-0.39, 0.29) is 30.2 Å². The van der Waals surface area contributed by atoms with E-state index in [9.17, 15) is 13.2 Å². The molecule has 0 aromatic carbocycles. The van der Waals surface area contributed by atoms with Gasteiger partial charge in [-0.05, 0) is 13.0 Å². The van der Waals surface area contributed by atoms with Gasteiger partial charge in [0.25, 0.3) is 0 Å². The second-order valence-electron chi connectivity index (χ2n) is 4.81. The lowest BCUT2D eigenvalue weighted by Crippen LogP contribution is -2.45. The summed E-state index contributed by atoms with van der Waals surface area (Å²) in [5.74, 6) is -0.501. The van der Waals surface area contributed by atoms with Crippen LogP contribution in [0.15, 0.2) is 0 Å². The number of nitrogens with one attached hydrogen (secondary N) is 3. The Kier molecular flexibility index (Phi) is 7.42. The predicted molar refractivity (Wildman–Crippen MR) is 76.9 cm³/mol. The van der Waals surface area contributed by atoms with E-state index in [1.54, 1.807) is 6.92 Å². The smallest absolute Gasteiger partial charge is 0.227 e. The van der Waals surface area contributed by atoms with Crippen LogP contribution in [0.5, 0.6) is 0 Å². The fourth-order valence-corrected chi connectivity index (χ4v) is 3.03. The van der Waals surface area contributed by atoms with Crippen molar-refractivity contribution in [3.8, 4) is 0 Å². The highest BCUT2D eigenvalue weighted by Gasteiger charge is 2.33. The summed E-state index contributed by atoms with van der Waals surface area (Å²) in [6.07, 6.45) is 0.992. The first kappa shape index (κ1) is 17.4. The number of hydrogen-bond donors (Lipinski definition) is 3. The van der Waals surface area contributed by atoms with E-state index < -0.39 is 10.0 Å². The minimum atomic E-state index is -3.29. The highest BCUT2D eigenvalue weighted by Crippen LogP contribution is 2.13. The van der Waals surface area contributed by atoms with Crippen LogP contribution < -0.4 is 15.4 Å². The van der Waals surface area contributed by atoms with Crippen molar-refractivity contribution in [3.63, 3.8) is 0 Å². The Balaban J connectivity index is 2.35. The van der Waals surface area contributed by atoms with Gasteiger partial charge in [-0.3, -0.25) is 4.79 Å². The average Bonchev–Trinajstić information content (AvgIpc) is 2.84. The highest BCUT2D eigenvalue weighted by atomic mass is 32.2. The maximum absolute atomic E-state index is 12.0. The molecule has 0 aromatic heterocycles. The number of ether oxygens (including phenoxy) is 1. The van der Waals surface area contributed by atoms with Crippen LogP contribution in [0.3, 0.4) is 0 Å². The molecule has 0 saturated carbocycles. The second kappa shape index (κ2) is 8.56. The minimum Gasteiger partial charge on any atom is -0.379 e. The van der Waals surface area contributed by atoms with E-state index in [2.05, 4.69) is 22.3 Å². The summed E-state index contributed by atoms with van der Waals surface area (Å²) >= 11 is 0. The van der Waals surface area contributed by atoms with Gasteiger partial charge in [0.05, 0.1) is 24.9 Å². The van der Waals surface area contributed by atoms with Crippen LogP contribution >= 0.6 is 0 Å². The molecular weight excluding hydrogens is 282 g/mol. The van der Waals surface area contributed by atoms with Gasteiger partial charge >= 0.3 is 0 Å². The number of rotatable bonds is 9. The van der Waals surface area contributed by atoms with Crippen LogP contribution in [0.4, 0.5) is 0 Å². The third kappa shape index (κ3) is 5.74. The maximum atomic E-state index is 12.0. The van der Waals surface area contributed by atoms with Crippen molar-refractivity contribution in [2.24, 2.45) is 5.92 Å². The monoisotopic (exact) mass is 307 g/mol. The fourth-order valence-electron chi connectivity index (χ4n) is 2.08. The SMILES string of the molecule is CCCNC1COCC1C(=O)NCCS(=O)(=O)NCC. The van der Waals surface area contributed by atoms with Crippen LogP contribution in [0.25, 0.3) is 0 Å². The van der Waals surface area contributed by atoms with E-state index in [1.165, 1.54) is 0 Å². The summed E-state index contributed by atoms with van der Waals surface area (Å²) in [6, 6.07) is 0.0142. The molecule has 2 unspecified atom stereocenters. The quantitative estimate of drug-likeness (QED) is 0.511. The number of amides is 1. The van der Waals surface area contributed by atoms with Gasteiger partial charge in [0.15, 0.2) is 0 Å². The molecule has 1 amide bonds. The standard InChI is InChI=1S/C12H25N3O4S/c1-3-5-13-11-9-19-8-10(11)12(16)14-6-7-20(17,18)15-4-2/h10-11,13,15H,3-9H2,1-2H3,(H,14,16). The number of hydrogen-bond acceptors (Lipinski definition) is 5. The molecule has 7 nitrogen and oxygen atoms in total. The molecule has 0 spiro atoms. The molecule has 20 heavy (non-hydrogen) atoms. The third-order valence-corrected chi connectivity index (χ3v) is 4.58.